The largest absolute Gasteiger partial charge is 0.463 e. The van der Waals surface area contributed by atoms with Crippen molar-refractivity contribution in [2.24, 2.45) is 0 Å². The minimum Gasteiger partial charge on any atom is -0.463 e. The molecule has 0 aliphatic heterocycles. The molecule has 16 heavy (non-hydrogen) atoms. The second-order valence-corrected chi connectivity index (χ2v) is 4.22. The molecule has 3 nitrogen and oxygen atoms in total. The third-order valence-corrected chi connectivity index (χ3v) is 1.96. The van der Waals surface area contributed by atoms with Crippen molar-refractivity contribution in [1.29, 1.82) is 0 Å². The molecule has 0 aromatic heterocycles. The summed E-state index contributed by atoms with van der Waals surface area (Å²) in [4.78, 5) is 11.7. The van der Waals surface area contributed by atoms with Crippen LogP contribution in [0.3, 0.4) is 0 Å². The van der Waals surface area contributed by atoms with Crippen LogP contribution in [0.4, 0.5) is 0 Å². The van der Waals surface area contributed by atoms with Gasteiger partial charge in [-0.3, -0.25) is 4.79 Å². The molecular weight excluding hydrogens is 204 g/mol. The molecule has 0 bridgehead atoms. The molecule has 0 spiro atoms. The first-order valence-corrected chi connectivity index (χ1v) is 5.01. The first-order valence-electron chi connectivity index (χ1n) is 5.01. The average Bonchev–Trinajstić information content (AvgIpc) is 2.15. The van der Waals surface area contributed by atoms with Gasteiger partial charge >= 0.3 is 0 Å². The van der Waals surface area contributed by atoms with Crippen LogP contribution in [0.15, 0.2) is 36.6 Å². The quantitative estimate of drug-likeness (QED) is 0.626. The van der Waals surface area contributed by atoms with Crippen LogP contribution in [0.5, 0.6) is 5.75 Å². The van der Waals surface area contributed by atoms with Crippen LogP contribution in [0.25, 0.3) is 0 Å². The van der Waals surface area contributed by atoms with E-state index >= 15 is 0 Å². The molecule has 0 aliphatic rings. The predicted molar refractivity (Wildman–Crippen MR) is 62.5 cm³/mol. The molecule has 3 heteroatoms. The van der Waals surface area contributed by atoms with Crippen molar-refractivity contribution in [2.75, 3.05) is 0 Å². The third kappa shape index (κ3) is 3.21. The Labute approximate surface area is 95.4 Å². The van der Waals surface area contributed by atoms with E-state index in [1.165, 1.54) is 13.8 Å². The second kappa shape index (κ2) is 4.49. The lowest BCUT2D eigenvalue weighted by Gasteiger charge is -2.15. The lowest BCUT2D eigenvalue weighted by Crippen LogP contribution is -2.30. The van der Waals surface area contributed by atoms with E-state index in [2.05, 4.69) is 6.58 Å². The molecule has 86 valence electrons. The van der Waals surface area contributed by atoms with Crippen LogP contribution >= 0.6 is 0 Å². The summed E-state index contributed by atoms with van der Waals surface area (Å²) in [6, 6.07) is 6.60. The van der Waals surface area contributed by atoms with Crippen LogP contribution in [-0.2, 0) is 0 Å². The number of aliphatic hydroxyl groups is 1. The van der Waals surface area contributed by atoms with E-state index in [1.807, 2.05) is 0 Å². The highest BCUT2D eigenvalue weighted by Crippen LogP contribution is 2.18. The standard InChI is InChI=1S/C13H16O3/c1-9(2)16-11-7-5-10(6-8-11)12(14)13(3,4)15/h5-8,15H,1H2,2-4H3. The molecule has 0 atom stereocenters. The molecule has 0 saturated carbocycles. The van der Waals surface area contributed by atoms with Gasteiger partial charge in [-0.25, -0.2) is 0 Å². The van der Waals surface area contributed by atoms with Crippen molar-refractivity contribution in [2.45, 2.75) is 26.4 Å². The molecule has 1 rings (SSSR count). The van der Waals surface area contributed by atoms with Crippen LogP contribution in [0.2, 0.25) is 0 Å². The Morgan fingerprint density at radius 2 is 1.81 bits per heavy atom. The summed E-state index contributed by atoms with van der Waals surface area (Å²) in [5, 5.41) is 9.56. The van der Waals surface area contributed by atoms with Crippen molar-refractivity contribution in [1.82, 2.24) is 0 Å². The number of carbonyl (C=O) groups excluding carboxylic acids is 1. The molecule has 1 aromatic rings. The first-order chi connectivity index (χ1) is 7.30. The van der Waals surface area contributed by atoms with E-state index in [4.69, 9.17) is 4.74 Å². The van der Waals surface area contributed by atoms with E-state index in [1.54, 1.807) is 31.2 Å². The smallest absolute Gasteiger partial charge is 0.193 e. The van der Waals surface area contributed by atoms with Crippen LogP contribution < -0.4 is 4.74 Å². The van der Waals surface area contributed by atoms with Gasteiger partial charge in [-0.15, -0.1) is 0 Å². The maximum atomic E-state index is 11.7. The molecule has 0 amide bonds. The highest BCUT2D eigenvalue weighted by atomic mass is 16.5. The molecule has 0 aliphatic carbocycles. The topological polar surface area (TPSA) is 46.5 Å². The number of allylic oxidation sites excluding steroid dienone is 1. The van der Waals surface area contributed by atoms with Crippen molar-refractivity contribution in [3.05, 3.63) is 42.2 Å². The number of Topliss-reactive ketones (excluding diaryl/α,β-unsaturated/α-hetero) is 1. The normalized spacial score (nSPS) is 11.0. The Hall–Kier alpha value is -1.61. The minimum atomic E-state index is -1.35. The van der Waals surface area contributed by atoms with Gasteiger partial charge in [-0.2, -0.15) is 0 Å². The molecule has 1 N–H and O–H groups in total. The lowest BCUT2D eigenvalue weighted by atomic mass is 9.97. The number of ketones is 1. The zero-order valence-corrected chi connectivity index (χ0v) is 9.78. The summed E-state index contributed by atoms with van der Waals surface area (Å²) >= 11 is 0. The molecule has 0 radical (unpaired) electrons. The van der Waals surface area contributed by atoms with Gasteiger partial charge < -0.3 is 9.84 Å². The Balaban J connectivity index is 2.87. The summed E-state index contributed by atoms with van der Waals surface area (Å²) in [5.74, 6) is 0.899. The fraction of sp³-hybridized carbons (Fsp3) is 0.308. The molecule has 0 unspecified atom stereocenters. The fourth-order valence-corrected chi connectivity index (χ4v) is 1.23. The maximum Gasteiger partial charge on any atom is 0.193 e. The van der Waals surface area contributed by atoms with E-state index < -0.39 is 5.60 Å². The molecule has 0 saturated heterocycles. The van der Waals surface area contributed by atoms with Gasteiger partial charge in [-0.05, 0) is 45.0 Å². The summed E-state index contributed by atoms with van der Waals surface area (Å²) < 4.78 is 5.27. The molecule has 1 aromatic carbocycles. The Morgan fingerprint density at radius 1 is 1.31 bits per heavy atom. The van der Waals surface area contributed by atoms with Gasteiger partial charge in [0.05, 0.1) is 5.76 Å². The Kier molecular flexibility index (Phi) is 3.50. The number of benzene rings is 1. The van der Waals surface area contributed by atoms with Gasteiger partial charge in [-0.1, -0.05) is 6.58 Å². The van der Waals surface area contributed by atoms with Crippen molar-refractivity contribution in [3.63, 3.8) is 0 Å². The molecule has 0 heterocycles. The number of hydrogen-bond acceptors (Lipinski definition) is 3. The molecule has 0 fully saturated rings. The van der Waals surface area contributed by atoms with Gasteiger partial charge in [0.2, 0.25) is 0 Å². The Bertz CT molecular complexity index is 396. The van der Waals surface area contributed by atoms with E-state index in [0.29, 0.717) is 17.1 Å². The highest BCUT2D eigenvalue weighted by Gasteiger charge is 2.24. The third-order valence-electron chi connectivity index (χ3n) is 1.96. The van der Waals surface area contributed by atoms with Crippen LogP contribution in [-0.4, -0.2) is 16.5 Å². The van der Waals surface area contributed by atoms with E-state index in [9.17, 15) is 9.90 Å². The summed E-state index contributed by atoms with van der Waals surface area (Å²) in [7, 11) is 0. The second-order valence-electron chi connectivity index (χ2n) is 4.22. The highest BCUT2D eigenvalue weighted by molar-refractivity contribution is 6.01. The van der Waals surface area contributed by atoms with Gasteiger partial charge in [0.25, 0.3) is 0 Å². The minimum absolute atomic E-state index is 0.311. The van der Waals surface area contributed by atoms with Crippen LogP contribution in [0, 0.1) is 0 Å². The van der Waals surface area contributed by atoms with E-state index in [-0.39, 0.29) is 5.78 Å². The zero-order valence-electron chi connectivity index (χ0n) is 9.78. The number of hydrogen-bond donors (Lipinski definition) is 1. The predicted octanol–water partition coefficient (Wildman–Crippen LogP) is 2.55. The van der Waals surface area contributed by atoms with Gasteiger partial charge in [0, 0.05) is 5.56 Å². The maximum absolute atomic E-state index is 11.7. The van der Waals surface area contributed by atoms with Crippen molar-refractivity contribution < 1.29 is 14.6 Å². The lowest BCUT2D eigenvalue weighted by molar-refractivity contribution is 0.0488. The van der Waals surface area contributed by atoms with Crippen molar-refractivity contribution >= 4 is 5.78 Å². The Morgan fingerprint density at radius 3 is 2.19 bits per heavy atom. The fourth-order valence-electron chi connectivity index (χ4n) is 1.23. The summed E-state index contributed by atoms with van der Waals surface area (Å²) in [6.45, 7) is 8.30. The number of carbonyl (C=O) groups is 1. The van der Waals surface area contributed by atoms with Gasteiger partial charge in [0.1, 0.15) is 11.4 Å². The van der Waals surface area contributed by atoms with Crippen molar-refractivity contribution in [3.8, 4) is 5.75 Å². The zero-order chi connectivity index (χ0) is 12.3. The number of ether oxygens (including phenoxy) is 1. The van der Waals surface area contributed by atoms with E-state index in [0.717, 1.165) is 0 Å². The van der Waals surface area contributed by atoms with Gasteiger partial charge in [0.15, 0.2) is 5.78 Å². The number of rotatable bonds is 4. The first kappa shape index (κ1) is 12.5. The summed E-state index contributed by atoms with van der Waals surface area (Å²) in [5.41, 5.74) is -0.891. The van der Waals surface area contributed by atoms with Crippen LogP contribution in [0.1, 0.15) is 31.1 Å². The summed E-state index contributed by atoms with van der Waals surface area (Å²) in [6.07, 6.45) is 0. The monoisotopic (exact) mass is 220 g/mol. The SMILES string of the molecule is C=C(C)Oc1ccc(C(=O)C(C)(C)O)cc1. The molecular formula is C13H16O3. The average molecular weight is 220 g/mol.